The Morgan fingerprint density at radius 2 is 1.79 bits per heavy atom. The second-order valence-electron chi connectivity index (χ2n) is 6.50. The van der Waals surface area contributed by atoms with Gasteiger partial charge in [0, 0.05) is 45.8 Å². The predicted molar refractivity (Wildman–Crippen MR) is 97.6 cm³/mol. The van der Waals surface area contributed by atoms with Crippen LogP contribution in [0.5, 0.6) is 5.75 Å². The van der Waals surface area contributed by atoms with Gasteiger partial charge in [-0.3, -0.25) is 4.79 Å². The summed E-state index contributed by atoms with van der Waals surface area (Å²) in [4.78, 5) is 18.1. The molecule has 1 amide bonds. The van der Waals surface area contributed by atoms with Crippen LogP contribution < -0.4 is 14.5 Å². The normalized spacial score (nSPS) is 14.8. The number of hydrogen-bond donors (Lipinski definition) is 0. The number of carbonyl (C=O) groups excluding carboxylic acids is 1. The molecule has 1 aliphatic rings. The molecule has 1 aromatic carbocycles. The van der Waals surface area contributed by atoms with Gasteiger partial charge >= 0.3 is 6.36 Å². The van der Waals surface area contributed by atoms with Gasteiger partial charge in [-0.15, -0.1) is 23.4 Å². The van der Waals surface area contributed by atoms with Crippen molar-refractivity contribution < 1.29 is 22.7 Å². The first kappa shape index (κ1) is 19.7. The fraction of sp³-hybridized carbons (Fsp3) is 0.389. The molecule has 10 heteroatoms. The number of alkyl halides is 3. The van der Waals surface area contributed by atoms with Crippen molar-refractivity contribution in [3.8, 4) is 5.75 Å². The Morgan fingerprint density at radius 3 is 2.36 bits per heavy atom. The Labute approximate surface area is 160 Å². The van der Waals surface area contributed by atoms with Crippen LogP contribution >= 0.6 is 0 Å². The summed E-state index contributed by atoms with van der Waals surface area (Å²) >= 11 is 0. The summed E-state index contributed by atoms with van der Waals surface area (Å²) in [5, 5.41) is 8.35. The SMILES string of the molecule is CN(C)c1ccc(N2CCN(C(=O)c3cccc(OC(F)(F)F)c3)CC2)nn1. The van der Waals surface area contributed by atoms with E-state index < -0.39 is 12.1 Å². The van der Waals surface area contributed by atoms with Gasteiger partial charge in [0.2, 0.25) is 0 Å². The van der Waals surface area contributed by atoms with E-state index in [1.54, 1.807) is 4.90 Å². The number of aromatic nitrogens is 2. The molecule has 1 fully saturated rings. The number of ether oxygens (including phenoxy) is 1. The number of nitrogens with zero attached hydrogens (tertiary/aromatic N) is 5. The molecule has 0 aliphatic carbocycles. The second-order valence-corrected chi connectivity index (χ2v) is 6.50. The summed E-state index contributed by atoms with van der Waals surface area (Å²) in [5.74, 6) is 0.728. The third-order valence-electron chi connectivity index (χ3n) is 4.30. The fourth-order valence-electron chi connectivity index (χ4n) is 2.87. The van der Waals surface area contributed by atoms with E-state index in [1.807, 2.05) is 36.0 Å². The largest absolute Gasteiger partial charge is 0.573 e. The Kier molecular flexibility index (Phi) is 5.57. The highest BCUT2D eigenvalue weighted by Gasteiger charge is 2.31. The van der Waals surface area contributed by atoms with E-state index in [4.69, 9.17) is 0 Å². The van der Waals surface area contributed by atoms with Crippen molar-refractivity contribution in [1.82, 2.24) is 15.1 Å². The van der Waals surface area contributed by atoms with Gasteiger partial charge in [0.1, 0.15) is 5.75 Å². The molecule has 0 bridgehead atoms. The lowest BCUT2D eigenvalue weighted by atomic mass is 10.1. The number of halogens is 3. The van der Waals surface area contributed by atoms with Crippen molar-refractivity contribution in [3.05, 3.63) is 42.0 Å². The third-order valence-corrected chi connectivity index (χ3v) is 4.30. The highest BCUT2D eigenvalue weighted by atomic mass is 19.4. The second kappa shape index (κ2) is 7.91. The van der Waals surface area contributed by atoms with Crippen molar-refractivity contribution >= 4 is 17.5 Å². The Hall–Kier alpha value is -3.04. The van der Waals surface area contributed by atoms with E-state index >= 15 is 0 Å². The van der Waals surface area contributed by atoms with Crippen molar-refractivity contribution in [1.29, 1.82) is 0 Å². The lowest BCUT2D eigenvalue weighted by Crippen LogP contribution is -2.49. The summed E-state index contributed by atoms with van der Waals surface area (Å²) in [6.45, 7) is 1.97. The Bertz CT molecular complexity index is 819. The molecule has 0 N–H and O–H groups in total. The highest BCUT2D eigenvalue weighted by Crippen LogP contribution is 2.24. The minimum absolute atomic E-state index is 0.158. The molecule has 1 aliphatic heterocycles. The first-order valence-electron chi connectivity index (χ1n) is 8.64. The van der Waals surface area contributed by atoms with E-state index in [1.165, 1.54) is 12.1 Å². The van der Waals surface area contributed by atoms with Crippen LogP contribution in [-0.2, 0) is 0 Å². The van der Waals surface area contributed by atoms with Crippen molar-refractivity contribution in [2.24, 2.45) is 0 Å². The molecule has 28 heavy (non-hydrogen) atoms. The van der Waals surface area contributed by atoms with Gasteiger partial charge in [0.25, 0.3) is 5.91 Å². The Morgan fingerprint density at radius 1 is 1.07 bits per heavy atom. The van der Waals surface area contributed by atoms with E-state index in [0.29, 0.717) is 26.2 Å². The van der Waals surface area contributed by atoms with Crippen molar-refractivity contribution in [2.45, 2.75) is 6.36 Å². The third kappa shape index (κ3) is 4.81. The lowest BCUT2D eigenvalue weighted by molar-refractivity contribution is -0.274. The molecule has 0 spiro atoms. The molecule has 0 radical (unpaired) electrons. The lowest BCUT2D eigenvalue weighted by Gasteiger charge is -2.35. The molecule has 1 saturated heterocycles. The molecular formula is C18H20F3N5O2. The number of piperazine rings is 1. The van der Waals surface area contributed by atoms with Gasteiger partial charge in [0.15, 0.2) is 11.6 Å². The number of rotatable bonds is 4. The van der Waals surface area contributed by atoms with Gasteiger partial charge in [-0.05, 0) is 30.3 Å². The van der Waals surface area contributed by atoms with Gasteiger partial charge < -0.3 is 19.4 Å². The van der Waals surface area contributed by atoms with Crippen LogP contribution in [0.2, 0.25) is 0 Å². The molecule has 150 valence electrons. The van der Waals surface area contributed by atoms with E-state index in [2.05, 4.69) is 14.9 Å². The average molecular weight is 395 g/mol. The number of amides is 1. The maximum atomic E-state index is 12.6. The molecule has 2 heterocycles. The quantitative estimate of drug-likeness (QED) is 0.792. The Balaban J connectivity index is 1.61. The van der Waals surface area contributed by atoms with E-state index in [0.717, 1.165) is 23.8 Å². The number of carbonyl (C=O) groups is 1. The smallest absolute Gasteiger partial charge is 0.406 e. The summed E-state index contributed by atoms with van der Waals surface area (Å²) in [6.07, 6.45) is -4.80. The first-order valence-corrected chi connectivity index (χ1v) is 8.64. The van der Waals surface area contributed by atoms with Crippen LogP contribution in [0.3, 0.4) is 0 Å². The summed E-state index contributed by atoms with van der Waals surface area (Å²) in [5.41, 5.74) is 0.158. The molecule has 0 atom stereocenters. The zero-order valence-corrected chi connectivity index (χ0v) is 15.5. The molecule has 7 nitrogen and oxygen atoms in total. The summed E-state index contributed by atoms with van der Waals surface area (Å²) in [7, 11) is 3.76. The average Bonchev–Trinajstić information content (AvgIpc) is 2.66. The van der Waals surface area contributed by atoms with Crippen LogP contribution in [0.1, 0.15) is 10.4 Å². The standard InChI is InChI=1S/C18H20F3N5O2/c1-24(2)15-6-7-16(23-22-15)25-8-10-26(11-9-25)17(27)13-4-3-5-14(12-13)28-18(19,20)21/h3-7,12H,8-11H2,1-2H3. The summed E-state index contributed by atoms with van der Waals surface area (Å²) < 4.78 is 41.0. The van der Waals surface area contributed by atoms with E-state index in [-0.39, 0.29) is 11.5 Å². The maximum absolute atomic E-state index is 12.6. The van der Waals surface area contributed by atoms with Gasteiger partial charge in [-0.2, -0.15) is 0 Å². The van der Waals surface area contributed by atoms with Crippen LogP contribution in [0.15, 0.2) is 36.4 Å². The minimum atomic E-state index is -4.80. The van der Waals surface area contributed by atoms with E-state index in [9.17, 15) is 18.0 Å². The van der Waals surface area contributed by atoms with Crippen LogP contribution in [0.25, 0.3) is 0 Å². The van der Waals surface area contributed by atoms with Crippen molar-refractivity contribution in [3.63, 3.8) is 0 Å². The predicted octanol–water partition coefficient (Wildman–Crippen LogP) is 2.40. The maximum Gasteiger partial charge on any atom is 0.573 e. The summed E-state index contributed by atoms with van der Waals surface area (Å²) in [6, 6.07) is 8.85. The number of benzene rings is 1. The molecule has 0 unspecified atom stereocenters. The zero-order valence-electron chi connectivity index (χ0n) is 15.5. The minimum Gasteiger partial charge on any atom is -0.406 e. The zero-order chi connectivity index (χ0) is 20.3. The van der Waals surface area contributed by atoms with Crippen LogP contribution in [-0.4, -0.2) is 67.6 Å². The molecular weight excluding hydrogens is 375 g/mol. The molecule has 2 aromatic rings. The fourth-order valence-corrected chi connectivity index (χ4v) is 2.87. The topological polar surface area (TPSA) is 61.8 Å². The molecule has 0 saturated carbocycles. The highest BCUT2D eigenvalue weighted by molar-refractivity contribution is 5.94. The number of hydrogen-bond acceptors (Lipinski definition) is 6. The van der Waals surface area contributed by atoms with Gasteiger partial charge in [-0.1, -0.05) is 6.07 Å². The monoisotopic (exact) mass is 395 g/mol. The first-order chi connectivity index (χ1) is 13.2. The number of anilines is 2. The van der Waals surface area contributed by atoms with Crippen molar-refractivity contribution in [2.75, 3.05) is 50.1 Å². The van der Waals surface area contributed by atoms with Crippen LogP contribution in [0, 0.1) is 0 Å². The van der Waals surface area contributed by atoms with Crippen LogP contribution in [0.4, 0.5) is 24.8 Å². The molecule has 1 aromatic heterocycles. The van der Waals surface area contributed by atoms with Gasteiger partial charge in [-0.25, -0.2) is 0 Å². The van der Waals surface area contributed by atoms with Gasteiger partial charge in [0.05, 0.1) is 0 Å². The molecule has 3 rings (SSSR count).